The Balaban J connectivity index is 1.68. The van der Waals surface area contributed by atoms with Crippen LogP contribution in [-0.4, -0.2) is 20.5 Å². The Hall–Kier alpha value is -3.21. The van der Waals surface area contributed by atoms with Crippen LogP contribution in [-0.2, 0) is 4.79 Å². The molecule has 0 fully saturated rings. The van der Waals surface area contributed by atoms with Crippen LogP contribution in [0.5, 0.6) is 0 Å². The number of benzene rings is 2. The van der Waals surface area contributed by atoms with E-state index in [1.807, 2.05) is 22.9 Å². The molecule has 1 aromatic heterocycles. The highest BCUT2D eigenvalue weighted by Gasteiger charge is 2.41. The molecule has 1 atom stereocenters. The summed E-state index contributed by atoms with van der Waals surface area (Å²) in [5, 5.41) is 8.31. The summed E-state index contributed by atoms with van der Waals surface area (Å²) >= 11 is 0. The summed E-state index contributed by atoms with van der Waals surface area (Å²) in [4.78, 5) is 18.1. The van der Waals surface area contributed by atoms with Gasteiger partial charge in [-0.2, -0.15) is 4.98 Å². The van der Waals surface area contributed by atoms with E-state index in [0.29, 0.717) is 18.2 Å². The van der Waals surface area contributed by atoms with Crippen molar-refractivity contribution in [3.63, 3.8) is 0 Å². The van der Waals surface area contributed by atoms with Gasteiger partial charge in [0.15, 0.2) is 11.6 Å². The van der Waals surface area contributed by atoms with Crippen LogP contribution < -0.4 is 5.32 Å². The Morgan fingerprint density at radius 2 is 1.80 bits per heavy atom. The van der Waals surface area contributed by atoms with Gasteiger partial charge in [0, 0.05) is 23.3 Å². The SMILES string of the molecule is Cc1ccc(-c2nc3n(n2)C(c2cccc(C)c2)C2=C(CC(C)(C)CC2=O)N3)cc1. The van der Waals surface area contributed by atoms with E-state index in [-0.39, 0.29) is 17.2 Å². The highest BCUT2D eigenvalue weighted by atomic mass is 16.1. The molecule has 152 valence electrons. The van der Waals surface area contributed by atoms with Gasteiger partial charge < -0.3 is 5.32 Å². The van der Waals surface area contributed by atoms with Crippen LogP contribution in [0.1, 0.15) is 49.4 Å². The van der Waals surface area contributed by atoms with Gasteiger partial charge in [0.05, 0.1) is 0 Å². The first-order valence-electron chi connectivity index (χ1n) is 10.4. The minimum Gasteiger partial charge on any atom is -0.328 e. The Morgan fingerprint density at radius 3 is 2.53 bits per heavy atom. The molecule has 1 N–H and O–H groups in total. The van der Waals surface area contributed by atoms with Crippen molar-refractivity contribution in [1.29, 1.82) is 0 Å². The molecule has 2 heterocycles. The predicted octanol–water partition coefficient (Wildman–Crippen LogP) is 5.22. The number of nitrogens with one attached hydrogen (secondary N) is 1. The number of anilines is 1. The smallest absolute Gasteiger partial charge is 0.226 e. The summed E-state index contributed by atoms with van der Waals surface area (Å²) in [5.41, 5.74) is 6.14. The van der Waals surface area contributed by atoms with Crippen LogP contribution in [0.4, 0.5) is 5.95 Å². The molecule has 5 heteroatoms. The van der Waals surface area contributed by atoms with Crippen LogP contribution in [0.3, 0.4) is 0 Å². The molecule has 0 amide bonds. The lowest BCUT2D eigenvalue weighted by Crippen LogP contribution is -2.36. The zero-order valence-electron chi connectivity index (χ0n) is 17.9. The highest BCUT2D eigenvalue weighted by Crippen LogP contribution is 2.45. The standard InChI is InChI=1S/C25H26N4O/c1-15-8-10-17(11-9-15)23-27-24-26-19-13-25(3,4)14-20(30)21(19)22(29(24)28-23)18-7-5-6-16(2)12-18/h5-12,22H,13-14H2,1-4H3,(H,26,27,28). The van der Waals surface area contributed by atoms with Gasteiger partial charge in [-0.15, -0.1) is 5.10 Å². The van der Waals surface area contributed by atoms with Crippen LogP contribution in [0.25, 0.3) is 11.4 Å². The molecular weight excluding hydrogens is 372 g/mol. The van der Waals surface area contributed by atoms with Crippen molar-refractivity contribution in [2.45, 2.75) is 46.6 Å². The number of aromatic nitrogens is 3. The van der Waals surface area contributed by atoms with Crippen molar-refractivity contribution in [1.82, 2.24) is 14.8 Å². The van der Waals surface area contributed by atoms with Gasteiger partial charge in [-0.05, 0) is 31.2 Å². The predicted molar refractivity (Wildman–Crippen MR) is 118 cm³/mol. The van der Waals surface area contributed by atoms with Crippen molar-refractivity contribution in [3.8, 4) is 11.4 Å². The van der Waals surface area contributed by atoms with Crippen LogP contribution in [0, 0.1) is 19.3 Å². The third-order valence-electron chi connectivity index (χ3n) is 6.00. The molecular formula is C25H26N4O. The van der Waals surface area contributed by atoms with E-state index in [2.05, 4.69) is 63.3 Å². The highest BCUT2D eigenvalue weighted by molar-refractivity contribution is 6.00. The average Bonchev–Trinajstić information content (AvgIpc) is 3.09. The Bertz CT molecular complexity index is 1180. The third-order valence-corrected chi connectivity index (χ3v) is 6.00. The number of hydrogen-bond acceptors (Lipinski definition) is 4. The number of fused-ring (bicyclic) bond motifs is 1. The molecule has 30 heavy (non-hydrogen) atoms. The van der Waals surface area contributed by atoms with E-state index >= 15 is 0 Å². The zero-order chi connectivity index (χ0) is 21.0. The third kappa shape index (κ3) is 3.15. The summed E-state index contributed by atoms with van der Waals surface area (Å²) in [5.74, 6) is 1.56. The number of aryl methyl sites for hydroxylation is 2. The quantitative estimate of drug-likeness (QED) is 0.643. The van der Waals surface area contributed by atoms with Crippen molar-refractivity contribution < 1.29 is 4.79 Å². The molecule has 2 aromatic carbocycles. The van der Waals surface area contributed by atoms with E-state index in [4.69, 9.17) is 10.1 Å². The molecule has 5 rings (SSSR count). The number of ketones is 1. The van der Waals surface area contributed by atoms with E-state index in [0.717, 1.165) is 34.4 Å². The van der Waals surface area contributed by atoms with Crippen LogP contribution in [0.15, 0.2) is 59.8 Å². The van der Waals surface area contributed by atoms with Crippen LogP contribution >= 0.6 is 0 Å². The van der Waals surface area contributed by atoms with Crippen LogP contribution in [0.2, 0.25) is 0 Å². The fraction of sp³-hybridized carbons (Fsp3) is 0.320. The average molecular weight is 399 g/mol. The minimum absolute atomic E-state index is 0.0674. The number of allylic oxidation sites excluding steroid dienone is 2. The lowest BCUT2D eigenvalue weighted by Gasteiger charge is -2.38. The molecule has 0 saturated heterocycles. The number of hydrogen-bond donors (Lipinski definition) is 1. The molecule has 0 bridgehead atoms. The summed E-state index contributed by atoms with van der Waals surface area (Å²) in [6, 6.07) is 16.3. The second-order valence-electron chi connectivity index (χ2n) is 9.34. The fourth-order valence-corrected chi connectivity index (χ4v) is 4.58. The second kappa shape index (κ2) is 6.66. The van der Waals surface area contributed by atoms with Gasteiger partial charge >= 0.3 is 0 Å². The number of rotatable bonds is 2. The van der Waals surface area contributed by atoms with Crippen molar-refractivity contribution in [3.05, 3.63) is 76.5 Å². The molecule has 1 aliphatic carbocycles. The fourth-order valence-electron chi connectivity index (χ4n) is 4.58. The molecule has 1 aliphatic heterocycles. The Labute approximate surface area is 176 Å². The van der Waals surface area contributed by atoms with Gasteiger partial charge in [-0.1, -0.05) is 73.5 Å². The molecule has 0 spiro atoms. The maximum absolute atomic E-state index is 13.3. The lowest BCUT2D eigenvalue weighted by molar-refractivity contribution is -0.118. The molecule has 0 radical (unpaired) electrons. The van der Waals surface area contributed by atoms with E-state index in [9.17, 15) is 4.79 Å². The normalized spacial score (nSPS) is 19.9. The van der Waals surface area contributed by atoms with E-state index in [1.54, 1.807) is 0 Å². The molecule has 2 aliphatic rings. The van der Waals surface area contributed by atoms with Crippen molar-refractivity contribution in [2.24, 2.45) is 5.41 Å². The first-order chi connectivity index (χ1) is 14.3. The molecule has 1 unspecified atom stereocenters. The van der Waals surface area contributed by atoms with Gasteiger partial charge in [-0.25, -0.2) is 4.68 Å². The second-order valence-corrected chi connectivity index (χ2v) is 9.34. The Kier molecular flexibility index (Phi) is 4.17. The summed E-state index contributed by atoms with van der Waals surface area (Å²) in [6.07, 6.45) is 1.37. The zero-order valence-corrected chi connectivity index (χ0v) is 17.9. The summed E-state index contributed by atoms with van der Waals surface area (Å²) in [6.45, 7) is 8.44. The maximum atomic E-state index is 13.3. The van der Waals surface area contributed by atoms with Gasteiger partial charge in [0.25, 0.3) is 0 Å². The van der Waals surface area contributed by atoms with Gasteiger partial charge in [-0.3, -0.25) is 4.79 Å². The largest absolute Gasteiger partial charge is 0.328 e. The minimum atomic E-state index is -0.258. The lowest BCUT2D eigenvalue weighted by atomic mass is 9.73. The van der Waals surface area contributed by atoms with E-state index < -0.39 is 0 Å². The van der Waals surface area contributed by atoms with Gasteiger partial charge in [0.1, 0.15) is 6.04 Å². The van der Waals surface area contributed by atoms with Gasteiger partial charge in [0.2, 0.25) is 5.95 Å². The maximum Gasteiger partial charge on any atom is 0.226 e. The number of carbonyl (C=O) groups excluding carboxylic acids is 1. The Morgan fingerprint density at radius 1 is 1.03 bits per heavy atom. The summed E-state index contributed by atoms with van der Waals surface area (Å²) < 4.78 is 1.89. The first-order valence-corrected chi connectivity index (χ1v) is 10.4. The first kappa shape index (κ1) is 18.8. The topological polar surface area (TPSA) is 59.8 Å². The van der Waals surface area contributed by atoms with Crippen molar-refractivity contribution >= 4 is 11.7 Å². The number of Topliss-reactive ketones (excluding diaryl/α,β-unsaturated/α-hetero) is 1. The summed E-state index contributed by atoms with van der Waals surface area (Å²) in [7, 11) is 0. The number of nitrogens with zero attached hydrogens (tertiary/aromatic N) is 3. The molecule has 5 nitrogen and oxygen atoms in total. The van der Waals surface area contributed by atoms with E-state index in [1.165, 1.54) is 5.56 Å². The number of carbonyl (C=O) groups is 1. The molecule has 0 saturated carbocycles. The van der Waals surface area contributed by atoms with Crippen molar-refractivity contribution in [2.75, 3.05) is 5.32 Å². The monoisotopic (exact) mass is 398 g/mol. The molecule has 3 aromatic rings.